The molecule has 0 amide bonds. The summed E-state index contributed by atoms with van der Waals surface area (Å²) in [6.07, 6.45) is 6.15. The van der Waals surface area contributed by atoms with E-state index in [9.17, 15) is 0 Å². The van der Waals surface area contributed by atoms with Gasteiger partial charge in [-0.1, -0.05) is 0 Å². The molecule has 0 spiro atoms. The van der Waals surface area contributed by atoms with Gasteiger partial charge in [0.05, 0.1) is 0 Å². The molecule has 0 aromatic carbocycles. The Morgan fingerprint density at radius 2 is 1.83 bits per heavy atom. The molecule has 0 atom stereocenters. The van der Waals surface area contributed by atoms with Gasteiger partial charge in [0.15, 0.2) is 0 Å². The summed E-state index contributed by atoms with van der Waals surface area (Å²) in [4.78, 5) is 17.4. The molecule has 18 heavy (non-hydrogen) atoms. The lowest BCUT2D eigenvalue weighted by Crippen LogP contribution is -2.32. The lowest BCUT2D eigenvalue weighted by atomic mass is 10.1. The molecule has 1 saturated carbocycles. The Kier molecular flexibility index (Phi) is 3.24. The van der Waals surface area contributed by atoms with E-state index in [0.717, 1.165) is 19.0 Å². The second-order valence-corrected chi connectivity index (χ2v) is 5.43. The summed E-state index contributed by atoms with van der Waals surface area (Å²) in [5, 5.41) is 0.299. The average Bonchev–Trinajstić information content (AvgIpc) is 3.22. The number of aromatic nitrogens is 3. The van der Waals surface area contributed by atoms with Gasteiger partial charge in [-0.25, -0.2) is 0 Å². The van der Waals surface area contributed by atoms with Gasteiger partial charge in [0.1, 0.15) is 0 Å². The molecule has 0 bridgehead atoms. The molecule has 98 valence electrons. The number of piperidine rings is 1. The maximum Gasteiger partial charge on any atom is 0.231 e. The summed E-state index contributed by atoms with van der Waals surface area (Å²) >= 11 is 6.02. The molecule has 0 radical (unpaired) electrons. The Balaban J connectivity index is 1.84. The van der Waals surface area contributed by atoms with Gasteiger partial charge in [0, 0.05) is 26.2 Å². The number of anilines is 2. The molecule has 0 unspecified atom stereocenters. The fourth-order valence-electron chi connectivity index (χ4n) is 2.35. The molecular formula is C12H18ClN5. The largest absolute Gasteiger partial charge is 0.341 e. The standard InChI is InChI=1S/C12H18ClN5/c1-17(9-5-6-9)11-14-10(13)15-12(16-11)18-7-3-2-4-8-18/h9H,2-8H2,1H3. The maximum atomic E-state index is 6.02. The van der Waals surface area contributed by atoms with Crippen LogP contribution in [0.1, 0.15) is 32.1 Å². The van der Waals surface area contributed by atoms with E-state index in [4.69, 9.17) is 11.6 Å². The summed E-state index contributed by atoms with van der Waals surface area (Å²) in [6, 6.07) is 0.581. The van der Waals surface area contributed by atoms with E-state index in [1.807, 2.05) is 7.05 Å². The minimum Gasteiger partial charge on any atom is -0.341 e. The Morgan fingerprint density at radius 3 is 2.50 bits per heavy atom. The second-order valence-electron chi connectivity index (χ2n) is 5.09. The Labute approximate surface area is 112 Å². The minimum atomic E-state index is 0.299. The third-order valence-corrected chi connectivity index (χ3v) is 3.80. The highest BCUT2D eigenvalue weighted by atomic mass is 35.5. The average molecular weight is 268 g/mol. The van der Waals surface area contributed by atoms with Crippen LogP contribution in [-0.2, 0) is 0 Å². The molecule has 6 heteroatoms. The lowest BCUT2D eigenvalue weighted by Gasteiger charge is -2.27. The fraction of sp³-hybridized carbons (Fsp3) is 0.750. The van der Waals surface area contributed by atoms with Crippen LogP contribution in [0.15, 0.2) is 0 Å². The summed E-state index contributed by atoms with van der Waals surface area (Å²) in [7, 11) is 2.03. The molecule has 5 nitrogen and oxygen atoms in total. The number of hydrogen-bond acceptors (Lipinski definition) is 5. The van der Waals surface area contributed by atoms with Gasteiger partial charge in [-0.2, -0.15) is 15.0 Å². The topological polar surface area (TPSA) is 45.2 Å². The highest BCUT2D eigenvalue weighted by Gasteiger charge is 2.29. The quantitative estimate of drug-likeness (QED) is 0.839. The Bertz CT molecular complexity index is 428. The van der Waals surface area contributed by atoms with Crippen molar-refractivity contribution in [3.8, 4) is 0 Å². The second kappa shape index (κ2) is 4.88. The summed E-state index contributed by atoms with van der Waals surface area (Å²) < 4.78 is 0. The van der Waals surface area contributed by atoms with Crippen molar-refractivity contribution in [2.75, 3.05) is 29.9 Å². The third kappa shape index (κ3) is 2.51. The molecule has 1 aliphatic carbocycles. The van der Waals surface area contributed by atoms with Crippen molar-refractivity contribution in [1.29, 1.82) is 0 Å². The Morgan fingerprint density at radius 1 is 1.11 bits per heavy atom. The van der Waals surface area contributed by atoms with Gasteiger partial charge in [0.25, 0.3) is 0 Å². The van der Waals surface area contributed by atoms with Gasteiger partial charge in [-0.15, -0.1) is 0 Å². The van der Waals surface area contributed by atoms with Crippen LogP contribution in [0.2, 0.25) is 5.28 Å². The minimum absolute atomic E-state index is 0.299. The van der Waals surface area contributed by atoms with Crippen LogP contribution in [0.25, 0.3) is 0 Å². The van der Waals surface area contributed by atoms with Crippen LogP contribution in [0.5, 0.6) is 0 Å². The van der Waals surface area contributed by atoms with Gasteiger partial charge >= 0.3 is 0 Å². The van der Waals surface area contributed by atoms with Crippen molar-refractivity contribution in [1.82, 2.24) is 15.0 Å². The fourth-order valence-corrected chi connectivity index (χ4v) is 2.50. The van der Waals surface area contributed by atoms with E-state index in [1.54, 1.807) is 0 Å². The van der Waals surface area contributed by atoms with Crippen LogP contribution >= 0.6 is 11.6 Å². The third-order valence-electron chi connectivity index (χ3n) is 3.63. The predicted octanol–water partition coefficient (Wildman–Crippen LogP) is 2.11. The predicted molar refractivity (Wildman–Crippen MR) is 72.3 cm³/mol. The first-order chi connectivity index (χ1) is 8.74. The summed E-state index contributed by atoms with van der Waals surface area (Å²) in [5.74, 6) is 1.44. The van der Waals surface area contributed by atoms with Crippen molar-refractivity contribution < 1.29 is 0 Å². The molecular weight excluding hydrogens is 250 g/mol. The van der Waals surface area contributed by atoms with Crippen LogP contribution in [0.3, 0.4) is 0 Å². The zero-order valence-electron chi connectivity index (χ0n) is 10.6. The molecule has 2 fully saturated rings. The first kappa shape index (κ1) is 12.0. The molecule has 2 heterocycles. The van der Waals surface area contributed by atoms with Crippen LogP contribution in [0, 0.1) is 0 Å². The van der Waals surface area contributed by atoms with Crippen LogP contribution in [0.4, 0.5) is 11.9 Å². The maximum absolute atomic E-state index is 6.02. The van der Waals surface area contributed by atoms with Crippen molar-refractivity contribution >= 4 is 23.5 Å². The highest BCUT2D eigenvalue weighted by molar-refractivity contribution is 6.28. The zero-order chi connectivity index (χ0) is 12.5. The normalized spacial score (nSPS) is 20.0. The van der Waals surface area contributed by atoms with E-state index in [-0.39, 0.29) is 0 Å². The van der Waals surface area contributed by atoms with Gasteiger partial charge in [-0.3, -0.25) is 0 Å². The molecule has 0 N–H and O–H groups in total. The van der Waals surface area contributed by atoms with E-state index in [1.165, 1.54) is 32.1 Å². The summed E-state index contributed by atoms with van der Waals surface area (Å²) in [5.41, 5.74) is 0. The van der Waals surface area contributed by atoms with E-state index < -0.39 is 0 Å². The van der Waals surface area contributed by atoms with Gasteiger partial charge < -0.3 is 9.80 Å². The molecule has 1 saturated heterocycles. The van der Waals surface area contributed by atoms with Gasteiger partial charge in [0.2, 0.25) is 17.2 Å². The van der Waals surface area contributed by atoms with Crippen molar-refractivity contribution in [3.05, 3.63) is 5.28 Å². The molecule has 1 aromatic heterocycles. The van der Waals surface area contributed by atoms with E-state index >= 15 is 0 Å². The highest BCUT2D eigenvalue weighted by Crippen LogP contribution is 2.29. The van der Waals surface area contributed by atoms with E-state index in [2.05, 4.69) is 24.8 Å². The van der Waals surface area contributed by atoms with Gasteiger partial charge in [-0.05, 0) is 43.7 Å². The Hall–Kier alpha value is -1.10. The van der Waals surface area contributed by atoms with E-state index in [0.29, 0.717) is 17.3 Å². The zero-order valence-corrected chi connectivity index (χ0v) is 11.4. The number of rotatable bonds is 3. The number of halogens is 1. The number of nitrogens with zero attached hydrogens (tertiary/aromatic N) is 5. The molecule has 1 aromatic rings. The lowest BCUT2D eigenvalue weighted by molar-refractivity contribution is 0.567. The number of hydrogen-bond donors (Lipinski definition) is 0. The molecule has 3 rings (SSSR count). The van der Waals surface area contributed by atoms with Crippen LogP contribution in [-0.4, -0.2) is 41.1 Å². The van der Waals surface area contributed by atoms with Crippen molar-refractivity contribution in [3.63, 3.8) is 0 Å². The van der Waals surface area contributed by atoms with Crippen molar-refractivity contribution in [2.24, 2.45) is 0 Å². The first-order valence-electron chi connectivity index (χ1n) is 6.63. The first-order valence-corrected chi connectivity index (χ1v) is 7.01. The monoisotopic (exact) mass is 267 g/mol. The van der Waals surface area contributed by atoms with Crippen molar-refractivity contribution in [2.45, 2.75) is 38.1 Å². The smallest absolute Gasteiger partial charge is 0.231 e. The van der Waals surface area contributed by atoms with Crippen LogP contribution < -0.4 is 9.80 Å². The SMILES string of the molecule is CN(c1nc(Cl)nc(N2CCCCC2)n1)C1CC1. The molecule has 1 aliphatic heterocycles. The molecule has 2 aliphatic rings. The summed E-state index contributed by atoms with van der Waals surface area (Å²) in [6.45, 7) is 2.04.